The number of halogens is 3. The van der Waals surface area contributed by atoms with Gasteiger partial charge in [-0.25, -0.2) is 8.78 Å². The Labute approximate surface area is 107 Å². The second-order valence-electron chi connectivity index (χ2n) is 3.80. The number of methoxy groups -OCH3 is 1. The van der Waals surface area contributed by atoms with E-state index < -0.39 is 23.5 Å². The van der Waals surface area contributed by atoms with Gasteiger partial charge in [0.15, 0.2) is 23.1 Å². The first-order valence-corrected chi connectivity index (χ1v) is 5.35. The Morgan fingerprint density at radius 3 is 2.42 bits per heavy atom. The first kappa shape index (κ1) is 13.2. The number of aryl methyl sites for hydroxylation is 1. The van der Waals surface area contributed by atoms with Gasteiger partial charge in [-0.15, -0.1) is 0 Å². The number of nitrogens with zero attached hydrogens (tertiary/aromatic N) is 1. The molecule has 0 N–H and O–H groups in total. The molecule has 19 heavy (non-hydrogen) atoms. The summed E-state index contributed by atoms with van der Waals surface area (Å²) in [6, 6.07) is 5.26. The van der Waals surface area contributed by atoms with Crippen molar-refractivity contribution in [3.05, 3.63) is 47.4 Å². The van der Waals surface area contributed by atoms with E-state index in [1.807, 2.05) is 6.92 Å². The minimum Gasteiger partial charge on any atom is -0.493 e. The van der Waals surface area contributed by atoms with Gasteiger partial charge in [-0.1, -0.05) is 6.07 Å². The topological polar surface area (TPSA) is 31.4 Å². The summed E-state index contributed by atoms with van der Waals surface area (Å²) in [4.78, 5) is 3.07. The summed E-state index contributed by atoms with van der Waals surface area (Å²) < 4.78 is 49.2. The third kappa shape index (κ3) is 2.78. The Hall–Kier alpha value is -2.24. The molecule has 0 unspecified atom stereocenters. The predicted molar refractivity (Wildman–Crippen MR) is 61.9 cm³/mol. The number of aromatic nitrogens is 1. The summed E-state index contributed by atoms with van der Waals surface area (Å²) in [7, 11) is 1.41. The first-order chi connectivity index (χ1) is 9.01. The average Bonchev–Trinajstić information content (AvgIpc) is 2.37. The van der Waals surface area contributed by atoms with E-state index in [1.54, 1.807) is 12.1 Å². The molecule has 1 aromatic carbocycles. The van der Waals surface area contributed by atoms with Crippen LogP contribution in [-0.2, 0) is 0 Å². The maximum absolute atomic E-state index is 13.4. The van der Waals surface area contributed by atoms with Gasteiger partial charge >= 0.3 is 0 Å². The molecule has 0 spiro atoms. The fraction of sp³-hybridized carbons (Fsp3) is 0.154. The highest BCUT2D eigenvalue weighted by molar-refractivity contribution is 5.44. The third-order valence-electron chi connectivity index (χ3n) is 2.38. The van der Waals surface area contributed by atoms with Crippen LogP contribution in [0.4, 0.5) is 13.2 Å². The molecule has 0 saturated heterocycles. The van der Waals surface area contributed by atoms with Gasteiger partial charge in [0, 0.05) is 6.07 Å². The zero-order chi connectivity index (χ0) is 14.0. The van der Waals surface area contributed by atoms with Crippen molar-refractivity contribution in [1.29, 1.82) is 0 Å². The molecule has 0 atom stereocenters. The minimum atomic E-state index is -1.43. The highest BCUT2D eigenvalue weighted by Gasteiger charge is 2.15. The molecular weight excluding hydrogens is 259 g/mol. The summed E-state index contributed by atoms with van der Waals surface area (Å²) in [5.74, 6) is -4.05. The second-order valence-corrected chi connectivity index (χ2v) is 3.80. The Balaban J connectivity index is 2.39. The summed E-state index contributed by atoms with van der Waals surface area (Å²) in [6.45, 7) is 1.84. The average molecular weight is 269 g/mol. The van der Waals surface area contributed by atoms with Gasteiger partial charge in [0.1, 0.15) is 0 Å². The lowest BCUT2D eigenvalue weighted by molar-refractivity contribution is 0.352. The molecule has 0 bridgehead atoms. The lowest BCUT2D eigenvalue weighted by Crippen LogP contribution is -1.99. The van der Waals surface area contributed by atoms with Crippen molar-refractivity contribution in [3.8, 4) is 17.4 Å². The van der Waals surface area contributed by atoms with E-state index in [4.69, 9.17) is 9.47 Å². The molecule has 0 aliphatic carbocycles. The third-order valence-corrected chi connectivity index (χ3v) is 2.38. The van der Waals surface area contributed by atoms with E-state index in [0.717, 1.165) is 5.56 Å². The van der Waals surface area contributed by atoms with E-state index in [9.17, 15) is 13.2 Å². The molecule has 0 saturated carbocycles. The van der Waals surface area contributed by atoms with Gasteiger partial charge in [0.25, 0.3) is 11.8 Å². The minimum absolute atomic E-state index is 0.158. The SMILES string of the molecule is COc1cc(C)ccc1Oc1nc(F)c(F)cc1F. The molecular formula is C13H10F3NO2. The molecule has 1 heterocycles. The number of pyridine rings is 1. The molecule has 2 aromatic rings. The maximum Gasteiger partial charge on any atom is 0.258 e. The molecule has 0 radical (unpaired) electrons. The van der Waals surface area contributed by atoms with Crippen LogP contribution < -0.4 is 9.47 Å². The fourth-order valence-corrected chi connectivity index (χ4v) is 1.46. The Morgan fingerprint density at radius 1 is 1.00 bits per heavy atom. The van der Waals surface area contributed by atoms with Crippen molar-refractivity contribution in [3.63, 3.8) is 0 Å². The van der Waals surface area contributed by atoms with Gasteiger partial charge < -0.3 is 9.47 Å². The summed E-state index contributed by atoms with van der Waals surface area (Å²) in [6.07, 6.45) is 0. The van der Waals surface area contributed by atoms with Crippen LogP contribution in [0.5, 0.6) is 17.4 Å². The van der Waals surface area contributed by atoms with Crippen LogP contribution in [0, 0.1) is 24.5 Å². The largest absolute Gasteiger partial charge is 0.493 e. The maximum atomic E-state index is 13.4. The van der Waals surface area contributed by atoms with Gasteiger partial charge in [-0.3, -0.25) is 0 Å². The molecule has 2 rings (SSSR count). The Bertz CT molecular complexity index is 617. The van der Waals surface area contributed by atoms with Gasteiger partial charge in [0.05, 0.1) is 7.11 Å². The standard InChI is InChI=1S/C13H10F3NO2/c1-7-3-4-10(11(5-7)18-2)19-13-9(15)6-8(14)12(16)17-13/h3-6H,1-2H3. The van der Waals surface area contributed by atoms with Gasteiger partial charge in [0.2, 0.25) is 0 Å². The summed E-state index contributed by atoms with van der Waals surface area (Å²) >= 11 is 0. The molecule has 0 fully saturated rings. The quantitative estimate of drug-likeness (QED) is 0.798. The highest BCUT2D eigenvalue weighted by Crippen LogP contribution is 2.32. The monoisotopic (exact) mass is 269 g/mol. The Morgan fingerprint density at radius 2 is 1.74 bits per heavy atom. The number of hydrogen-bond acceptors (Lipinski definition) is 3. The van der Waals surface area contributed by atoms with E-state index in [0.29, 0.717) is 11.8 Å². The first-order valence-electron chi connectivity index (χ1n) is 5.35. The molecule has 0 aliphatic heterocycles. The molecule has 1 aromatic heterocycles. The second kappa shape index (κ2) is 5.17. The molecule has 0 aliphatic rings. The van der Waals surface area contributed by atoms with Crippen LogP contribution in [0.2, 0.25) is 0 Å². The van der Waals surface area contributed by atoms with Crippen LogP contribution in [0.1, 0.15) is 5.56 Å². The number of hydrogen-bond donors (Lipinski definition) is 0. The van der Waals surface area contributed by atoms with Crippen LogP contribution in [-0.4, -0.2) is 12.1 Å². The Kier molecular flexibility index (Phi) is 3.59. The van der Waals surface area contributed by atoms with Crippen LogP contribution >= 0.6 is 0 Å². The zero-order valence-corrected chi connectivity index (χ0v) is 10.2. The van der Waals surface area contributed by atoms with Crippen molar-refractivity contribution in [2.45, 2.75) is 6.92 Å². The lowest BCUT2D eigenvalue weighted by atomic mass is 10.2. The van der Waals surface area contributed by atoms with Gasteiger partial charge in [-0.2, -0.15) is 9.37 Å². The molecule has 6 heteroatoms. The summed E-state index contributed by atoms with van der Waals surface area (Å²) in [5, 5.41) is 0. The molecule has 100 valence electrons. The molecule has 0 amide bonds. The number of benzene rings is 1. The van der Waals surface area contributed by atoms with E-state index >= 15 is 0 Å². The van der Waals surface area contributed by atoms with E-state index in [2.05, 4.69) is 4.98 Å². The smallest absolute Gasteiger partial charge is 0.258 e. The van der Waals surface area contributed by atoms with Crippen molar-refractivity contribution in [1.82, 2.24) is 4.98 Å². The normalized spacial score (nSPS) is 10.4. The van der Waals surface area contributed by atoms with E-state index in [1.165, 1.54) is 13.2 Å². The summed E-state index contributed by atoms with van der Waals surface area (Å²) in [5.41, 5.74) is 0.905. The van der Waals surface area contributed by atoms with Crippen LogP contribution in [0.15, 0.2) is 24.3 Å². The predicted octanol–water partition coefficient (Wildman–Crippen LogP) is 3.61. The molecule has 3 nitrogen and oxygen atoms in total. The van der Waals surface area contributed by atoms with Gasteiger partial charge in [-0.05, 0) is 24.6 Å². The van der Waals surface area contributed by atoms with Crippen LogP contribution in [0.3, 0.4) is 0 Å². The fourth-order valence-electron chi connectivity index (χ4n) is 1.46. The lowest BCUT2D eigenvalue weighted by Gasteiger charge is -2.10. The van der Waals surface area contributed by atoms with Crippen molar-refractivity contribution < 1.29 is 22.6 Å². The number of ether oxygens (including phenoxy) is 2. The van der Waals surface area contributed by atoms with Crippen molar-refractivity contribution in [2.75, 3.05) is 7.11 Å². The van der Waals surface area contributed by atoms with Crippen molar-refractivity contribution in [2.24, 2.45) is 0 Å². The number of rotatable bonds is 3. The van der Waals surface area contributed by atoms with Crippen LogP contribution in [0.25, 0.3) is 0 Å². The highest BCUT2D eigenvalue weighted by atomic mass is 19.2. The van der Waals surface area contributed by atoms with E-state index in [-0.39, 0.29) is 5.75 Å². The van der Waals surface area contributed by atoms with Crippen molar-refractivity contribution >= 4 is 0 Å². The zero-order valence-electron chi connectivity index (χ0n) is 10.2.